The van der Waals surface area contributed by atoms with Crippen LogP contribution in [-0.4, -0.2) is 43.8 Å². The molecule has 0 aromatic carbocycles. The summed E-state index contributed by atoms with van der Waals surface area (Å²) in [6.07, 6.45) is 6.85. The third-order valence-electron chi connectivity index (χ3n) is 3.85. The number of hydrogen-bond donors (Lipinski definition) is 2. The summed E-state index contributed by atoms with van der Waals surface area (Å²) in [5.41, 5.74) is 0.567. The molecular weight excluding hydrogens is 295 g/mol. The van der Waals surface area contributed by atoms with E-state index in [-0.39, 0.29) is 21.8 Å². The van der Waals surface area contributed by atoms with Crippen LogP contribution in [0.25, 0.3) is 0 Å². The number of aliphatic carboxylic acids is 2. The molecule has 3 radical (unpaired) electrons. The van der Waals surface area contributed by atoms with Gasteiger partial charge in [-0.15, -0.1) is 0 Å². The SMILES string of the molecule is C.C1CCOC1.CC1C=C(C(=O)O)C1.CC1CC(C(=O)O)C1.[B]. The van der Waals surface area contributed by atoms with Crippen molar-refractivity contribution in [1.82, 2.24) is 0 Å². The molecule has 0 bridgehead atoms. The topological polar surface area (TPSA) is 83.8 Å². The van der Waals surface area contributed by atoms with Gasteiger partial charge in [0.1, 0.15) is 0 Å². The molecule has 3 aliphatic rings. The lowest BCUT2D eigenvalue weighted by molar-refractivity contribution is -0.146. The molecule has 0 aromatic heterocycles. The largest absolute Gasteiger partial charge is 0.481 e. The molecule has 23 heavy (non-hydrogen) atoms. The van der Waals surface area contributed by atoms with E-state index in [1.165, 1.54) is 12.8 Å². The monoisotopic (exact) mass is 325 g/mol. The smallest absolute Gasteiger partial charge is 0.331 e. The van der Waals surface area contributed by atoms with Gasteiger partial charge < -0.3 is 14.9 Å². The van der Waals surface area contributed by atoms with Crippen LogP contribution in [0.4, 0.5) is 0 Å². The van der Waals surface area contributed by atoms with Crippen molar-refractivity contribution in [3.05, 3.63) is 11.6 Å². The second-order valence-corrected chi connectivity index (χ2v) is 6.11. The first-order valence-corrected chi connectivity index (χ1v) is 7.64. The van der Waals surface area contributed by atoms with E-state index in [0.717, 1.165) is 32.5 Å². The molecule has 0 aromatic rings. The van der Waals surface area contributed by atoms with Crippen LogP contribution >= 0.6 is 0 Å². The molecule has 1 saturated carbocycles. The van der Waals surface area contributed by atoms with E-state index in [2.05, 4.69) is 6.92 Å². The van der Waals surface area contributed by atoms with E-state index in [1.807, 2.05) is 6.92 Å². The quantitative estimate of drug-likeness (QED) is 0.762. The predicted octanol–water partition coefficient (Wildman–Crippen LogP) is 3.21. The summed E-state index contributed by atoms with van der Waals surface area (Å²) in [6.45, 7) is 6.09. The number of rotatable bonds is 2. The summed E-state index contributed by atoms with van der Waals surface area (Å²) < 4.78 is 4.94. The van der Waals surface area contributed by atoms with Gasteiger partial charge in [-0.1, -0.05) is 27.4 Å². The van der Waals surface area contributed by atoms with Crippen molar-refractivity contribution in [3.8, 4) is 0 Å². The van der Waals surface area contributed by atoms with Crippen molar-refractivity contribution in [2.24, 2.45) is 17.8 Å². The van der Waals surface area contributed by atoms with Crippen LogP contribution in [0, 0.1) is 17.8 Å². The molecule has 6 heteroatoms. The maximum Gasteiger partial charge on any atom is 0.331 e. The average molecular weight is 325 g/mol. The third kappa shape index (κ3) is 9.44. The highest BCUT2D eigenvalue weighted by molar-refractivity contribution is 5.88. The highest BCUT2D eigenvalue weighted by Gasteiger charge is 2.30. The van der Waals surface area contributed by atoms with Crippen LogP contribution in [0.2, 0.25) is 0 Å². The Balaban J connectivity index is 0. The molecule has 3 rings (SSSR count). The Bertz CT molecular complexity index is 377. The molecule has 0 spiro atoms. The normalized spacial score (nSPS) is 26.9. The van der Waals surface area contributed by atoms with Crippen LogP contribution in [-0.2, 0) is 14.3 Å². The summed E-state index contributed by atoms with van der Waals surface area (Å²) in [5, 5.41) is 16.6. The van der Waals surface area contributed by atoms with Gasteiger partial charge in [0, 0.05) is 27.2 Å². The number of carbonyl (C=O) groups is 2. The second kappa shape index (κ2) is 12.2. The highest BCUT2D eigenvalue weighted by Crippen LogP contribution is 2.32. The first kappa shape index (κ1) is 24.0. The molecule has 0 amide bonds. The molecule has 1 heterocycles. The minimum atomic E-state index is -0.761. The zero-order valence-electron chi connectivity index (χ0n) is 13.5. The number of carboxylic acids is 2. The average Bonchev–Trinajstić information content (AvgIpc) is 2.90. The van der Waals surface area contributed by atoms with Gasteiger partial charge in [-0.25, -0.2) is 4.79 Å². The summed E-state index contributed by atoms with van der Waals surface area (Å²) in [4.78, 5) is 20.2. The fourth-order valence-electron chi connectivity index (χ4n) is 2.43. The molecule has 1 saturated heterocycles. The Morgan fingerprint density at radius 3 is 1.74 bits per heavy atom. The molecule has 131 valence electrons. The summed E-state index contributed by atoms with van der Waals surface area (Å²) >= 11 is 0. The predicted molar refractivity (Wildman–Crippen MR) is 91.6 cm³/mol. The molecule has 2 aliphatic carbocycles. The Kier molecular flexibility index (Phi) is 12.7. The number of carboxylic acid groups (broad SMARTS) is 2. The standard InChI is InChI=1S/C6H10O2.C6H8O2.C4H8O.CH4.B/c2*1-4-2-5(3-4)6(7)8;1-2-4-5-3-1;;/h4-5H,2-3H2,1H3,(H,7,8);2,4H,3H2,1H3,(H,7,8);1-4H2;1H4;. The Labute approximate surface area is 141 Å². The summed E-state index contributed by atoms with van der Waals surface area (Å²) in [5.74, 6) is -0.270. The minimum absolute atomic E-state index is 0. The minimum Gasteiger partial charge on any atom is -0.481 e. The van der Waals surface area contributed by atoms with Crippen molar-refractivity contribution < 1.29 is 24.5 Å². The lowest BCUT2D eigenvalue weighted by atomic mass is 9.76. The molecule has 1 atom stereocenters. The van der Waals surface area contributed by atoms with Crippen LogP contribution in [0.1, 0.15) is 53.4 Å². The Hall–Kier alpha value is -1.30. The fraction of sp³-hybridized carbons (Fsp3) is 0.765. The summed E-state index contributed by atoms with van der Waals surface area (Å²) in [6, 6.07) is 0. The fourth-order valence-corrected chi connectivity index (χ4v) is 2.43. The van der Waals surface area contributed by atoms with Gasteiger partial charge in [0.05, 0.1) is 5.92 Å². The Morgan fingerprint density at radius 1 is 1.13 bits per heavy atom. The van der Waals surface area contributed by atoms with Crippen molar-refractivity contribution in [3.63, 3.8) is 0 Å². The zero-order valence-corrected chi connectivity index (χ0v) is 13.5. The van der Waals surface area contributed by atoms with Crippen LogP contribution < -0.4 is 0 Å². The third-order valence-corrected chi connectivity index (χ3v) is 3.85. The van der Waals surface area contributed by atoms with Gasteiger partial charge in [0.15, 0.2) is 0 Å². The van der Waals surface area contributed by atoms with Crippen molar-refractivity contribution >= 4 is 20.4 Å². The van der Waals surface area contributed by atoms with E-state index < -0.39 is 11.9 Å². The summed E-state index contributed by atoms with van der Waals surface area (Å²) in [7, 11) is 0. The zero-order chi connectivity index (χ0) is 15.8. The van der Waals surface area contributed by atoms with Crippen LogP contribution in [0.5, 0.6) is 0 Å². The molecular formula is C17H30BO5. The first-order chi connectivity index (χ1) is 9.90. The molecule has 2 fully saturated rings. The van der Waals surface area contributed by atoms with Gasteiger partial charge in [-0.05, 0) is 43.9 Å². The number of ether oxygens (including phenoxy) is 1. The van der Waals surface area contributed by atoms with Crippen molar-refractivity contribution in [2.75, 3.05) is 13.2 Å². The van der Waals surface area contributed by atoms with Crippen molar-refractivity contribution in [1.29, 1.82) is 0 Å². The van der Waals surface area contributed by atoms with Crippen LogP contribution in [0.15, 0.2) is 11.6 Å². The second-order valence-electron chi connectivity index (χ2n) is 6.11. The molecule has 2 N–H and O–H groups in total. The van der Waals surface area contributed by atoms with Gasteiger partial charge in [0.2, 0.25) is 0 Å². The van der Waals surface area contributed by atoms with Crippen molar-refractivity contribution in [2.45, 2.75) is 53.4 Å². The maximum atomic E-state index is 10.1. The van der Waals surface area contributed by atoms with E-state index in [1.54, 1.807) is 6.08 Å². The van der Waals surface area contributed by atoms with E-state index in [9.17, 15) is 9.59 Å². The van der Waals surface area contributed by atoms with Gasteiger partial charge >= 0.3 is 11.9 Å². The number of allylic oxidation sites excluding steroid dienone is 1. The lowest BCUT2D eigenvalue weighted by Crippen LogP contribution is -2.28. The van der Waals surface area contributed by atoms with E-state index in [4.69, 9.17) is 14.9 Å². The lowest BCUT2D eigenvalue weighted by Gasteiger charge is -2.28. The molecule has 1 aliphatic heterocycles. The van der Waals surface area contributed by atoms with Crippen LogP contribution in [0.3, 0.4) is 0 Å². The molecule has 5 nitrogen and oxygen atoms in total. The highest BCUT2D eigenvalue weighted by atomic mass is 16.5. The van der Waals surface area contributed by atoms with Gasteiger partial charge in [-0.2, -0.15) is 0 Å². The van der Waals surface area contributed by atoms with E-state index in [0.29, 0.717) is 17.4 Å². The first-order valence-electron chi connectivity index (χ1n) is 7.64. The van der Waals surface area contributed by atoms with Gasteiger partial charge in [-0.3, -0.25) is 4.79 Å². The molecule has 1 unspecified atom stereocenters. The van der Waals surface area contributed by atoms with Gasteiger partial charge in [0.25, 0.3) is 0 Å². The Morgan fingerprint density at radius 2 is 1.61 bits per heavy atom. The van der Waals surface area contributed by atoms with E-state index >= 15 is 0 Å². The maximum absolute atomic E-state index is 10.1. The number of hydrogen-bond acceptors (Lipinski definition) is 3.